The average Bonchev–Trinajstić information content (AvgIpc) is 3.17. The number of fused-ring (bicyclic) bond motifs is 1. The van der Waals surface area contributed by atoms with E-state index in [1.165, 1.54) is 5.56 Å². The van der Waals surface area contributed by atoms with Crippen LogP contribution in [0.2, 0.25) is 0 Å². The Labute approximate surface area is 198 Å². The molecule has 3 amide bonds. The first-order valence-electron chi connectivity index (χ1n) is 12.5. The predicted molar refractivity (Wildman–Crippen MR) is 129 cm³/mol. The van der Waals surface area contributed by atoms with Gasteiger partial charge in [-0.15, -0.1) is 0 Å². The molecule has 0 spiro atoms. The third-order valence-electron chi connectivity index (χ3n) is 7.19. The van der Waals surface area contributed by atoms with Gasteiger partial charge in [0.1, 0.15) is 12.1 Å². The number of amides is 3. The molecule has 1 aromatic carbocycles. The number of nitrogens with zero attached hydrogens (tertiary/aromatic N) is 2. The molecule has 0 aliphatic carbocycles. The largest absolute Gasteiger partial charge is 0.343 e. The monoisotopic (exact) mass is 456 g/mol. The van der Waals surface area contributed by atoms with E-state index in [2.05, 4.69) is 22.8 Å². The van der Waals surface area contributed by atoms with Gasteiger partial charge in [-0.1, -0.05) is 51.1 Å². The topological polar surface area (TPSA) is 81.8 Å². The highest BCUT2D eigenvalue weighted by Crippen LogP contribution is 2.33. The molecule has 33 heavy (non-hydrogen) atoms. The summed E-state index contributed by atoms with van der Waals surface area (Å²) in [7, 11) is 1.75. The Morgan fingerprint density at radius 2 is 1.85 bits per heavy atom. The average molecular weight is 457 g/mol. The first kappa shape index (κ1) is 25.2. The van der Waals surface area contributed by atoms with Gasteiger partial charge < -0.3 is 20.4 Å². The fourth-order valence-corrected chi connectivity index (χ4v) is 5.18. The van der Waals surface area contributed by atoms with Crippen molar-refractivity contribution in [1.29, 1.82) is 0 Å². The Hall–Kier alpha value is -2.41. The van der Waals surface area contributed by atoms with Gasteiger partial charge in [0.25, 0.3) is 0 Å². The number of hydrogen-bond acceptors (Lipinski definition) is 4. The maximum Gasteiger partial charge on any atom is 0.246 e. The van der Waals surface area contributed by atoms with Crippen LogP contribution >= 0.6 is 0 Å². The normalized spacial score (nSPS) is 22.6. The van der Waals surface area contributed by atoms with E-state index < -0.39 is 12.1 Å². The lowest BCUT2D eigenvalue weighted by atomic mass is 9.95. The molecule has 0 aromatic heterocycles. The van der Waals surface area contributed by atoms with Crippen LogP contribution in [0, 0.1) is 11.8 Å². The molecule has 0 unspecified atom stereocenters. The summed E-state index contributed by atoms with van der Waals surface area (Å²) >= 11 is 0. The van der Waals surface area contributed by atoms with E-state index >= 15 is 0 Å². The van der Waals surface area contributed by atoms with Gasteiger partial charge in [0.2, 0.25) is 17.7 Å². The van der Waals surface area contributed by atoms with Gasteiger partial charge in [-0.05, 0) is 56.6 Å². The summed E-state index contributed by atoms with van der Waals surface area (Å²) in [6.45, 7) is 7.81. The second-order valence-corrected chi connectivity index (χ2v) is 9.71. The fourth-order valence-electron chi connectivity index (χ4n) is 5.18. The molecule has 7 heteroatoms. The molecule has 2 saturated heterocycles. The van der Waals surface area contributed by atoms with Gasteiger partial charge in [-0.2, -0.15) is 0 Å². The molecule has 2 N–H and O–H groups in total. The molecule has 0 radical (unpaired) electrons. The van der Waals surface area contributed by atoms with Gasteiger partial charge in [-0.25, -0.2) is 0 Å². The summed E-state index contributed by atoms with van der Waals surface area (Å²) in [6.07, 6.45) is 4.23. The summed E-state index contributed by atoms with van der Waals surface area (Å²) in [5, 5.41) is 5.96. The Kier molecular flexibility index (Phi) is 8.89. The van der Waals surface area contributed by atoms with Crippen molar-refractivity contribution in [1.82, 2.24) is 20.4 Å². The van der Waals surface area contributed by atoms with Gasteiger partial charge in [0.15, 0.2) is 0 Å². The molecular formula is C26H40N4O3. The summed E-state index contributed by atoms with van der Waals surface area (Å²) in [4.78, 5) is 43.7. The zero-order valence-electron chi connectivity index (χ0n) is 20.5. The van der Waals surface area contributed by atoms with Crippen LogP contribution in [0.3, 0.4) is 0 Å². The highest BCUT2D eigenvalue weighted by Gasteiger charge is 2.46. The predicted octanol–water partition coefficient (Wildman–Crippen LogP) is 2.21. The van der Waals surface area contributed by atoms with Crippen molar-refractivity contribution < 1.29 is 14.4 Å². The number of rotatable bonds is 9. The van der Waals surface area contributed by atoms with Crippen molar-refractivity contribution in [3.05, 3.63) is 35.9 Å². The quantitative estimate of drug-likeness (QED) is 0.597. The standard InChI is InChI=1S/C26H40N4O3/c1-5-21(27-4)24(31)28-22(18(2)3)25(32)30-17-14-20-12-9-15-29(26(33)23(20)30)16-13-19-10-7-6-8-11-19/h6-8,10-11,18,20-23,27H,5,9,12-17H2,1-4H3,(H,28,31)/t20-,21+,22+,23+/m1/s1. The van der Waals surface area contributed by atoms with E-state index in [0.29, 0.717) is 19.5 Å². The Morgan fingerprint density at radius 1 is 1.12 bits per heavy atom. The van der Waals surface area contributed by atoms with Crippen molar-refractivity contribution in [2.24, 2.45) is 11.8 Å². The molecule has 7 nitrogen and oxygen atoms in total. The smallest absolute Gasteiger partial charge is 0.246 e. The van der Waals surface area contributed by atoms with E-state index in [9.17, 15) is 14.4 Å². The molecule has 4 atom stereocenters. The number of likely N-dealkylation sites (N-methyl/N-ethyl adjacent to an activating group) is 1. The van der Waals surface area contributed by atoms with Crippen LogP contribution in [0.5, 0.6) is 0 Å². The third kappa shape index (κ3) is 5.94. The fraction of sp³-hybridized carbons (Fsp3) is 0.654. The first-order chi connectivity index (χ1) is 15.9. The van der Waals surface area contributed by atoms with E-state index in [-0.39, 0.29) is 35.6 Å². The number of hydrogen-bond donors (Lipinski definition) is 2. The van der Waals surface area contributed by atoms with Crippen molar-refractivity contribution in [2.45, 2.75) is 71.0 Å². The highest BCUT2D eigenvalue weighted by atomic mass is 16.2. The van der Waals surface area contributed by atoms with Crippen molar-refractivity contribution in [2.75, 3.05) is 26.7 Å². The molecule has 182 valence electrons. The van der Waals surface area contributed by atoms with Crippen LogP contribution in [0.4, 0.5) is 0 Å². The lowest BCUT2D eigenvalue weighted by molar-refractivity contribution is -0.146. The Balaban J connectivity index is 1.73. The van der Waals surface area contributed by atoms with Crippen molar-refractivity contribution in [3.63, 3.8) is 0 Å². The maximum atomic E-state index is 13.6. The van der Waals surface area contributed by atoms with E-state index in [1.807, 2.05) is 43.9 Å². The number of likely N-dealkylation sites (tertiary alicyclic amines) is 2. The van der Waals surface area contributed by atoms with Gasteiger partial charge >= 0.3 is 0 Å². The third-order valence-corrected chi connectivity index (χ3v) is 7.19. The zero-order valence-corrected chi connectivity index (χ0v) is 20.5. The molecule has 2 heterocycles. The van der Waals surface area contributed by atoms with Crippen LogP contribution in [0.15, 0.2) is 30.3 Å². The van der Waals surface area contributed by atoms with Crippen LogP contribution in [0.25, 0.3) is 0 Å². The van der Waals surface area contributed by atoms with Crippen molar-refractivity contribution in [3.8, 4) is 0 Å². The number of nitrogens with one attached hydrogen (secondary N) is 2. The molecule has 2 aliphatic rings. The SMILES string of the molecule is CC[C@H](NC)C(=O)N[C@H](C(=O)N1CC[C@H]2CCCN(CCc3ccccc3)C(=O)[C@H]21)C(C)C. The Bertz CT molecular complexity index is 809. The van der Waals surface area contributed by atoms with Gasteiger partial charge in [0.05, 0.1) is 6.04 Å². The minimum Gasteiger partial charge on any atom is -0.343 e. The second kappa shape index (κ2) is 11.6. The van der Waals surface area contributed by atoms with E-state index in [1.54, 1.807) is 11.9 Å². The molecule has 0 bridgehead atoms. The molecule has 1 aromatic rings. The maximum absolute atomic E-state index is 13.6. The van der Waals surface area contributed by atoms with E-state index in [0.717, 1.165) is 32.2 Å². The van der Waals surface area contributed by atoms with Gasteiger partial charge in [0, 0.05) is 19.6 Å². The van der Waals surface area contributed by atoms with E-state index in [4.69, 9.17) is 0 Å². The summed E-state index contributed by atoms with van der Waals surface area (Å²) in [5.41, 5.74) is 1.21. The number of carbonyl (C=O) groups is 3. The first-order valence-corrected chi connectivity index (χ1v) is 12.5. The minimum atomic E-state index is -0.632. The molecule has 2 aliphatic heterocycles. The number of carbonyl (C=O) groups excluding carboxylic acids is 3. The molecular weight excluding hydrogens is 416 g/mol. The van der Waals surface area contributed by atoms with Crippen LogP contribution in [-0.4, -0.2) is 72.3 Å². The number of benzene rings is 1. The lowest BCUT2D eigenvalue weighted by Crippen LogP contribution is -2.58. The lowest BCUT2D eigenvalue weighted by Gasteiger charge is -2.34. The highest BCUT2D eigenvalue weighted by molar-refractivity contribution is 5.94. The molecule has 0 saturated carbocycles. The summed E-state index contributed by atoms with van der Waals surface area (Å²) in [5.74, 6) is -0.0957. The van der Waals surface area contributed by atoms with Crippen molar-refractivity contribution >= 4 is 17.7 Å². The van der Waals surface area contributed by atoms with Crippen LogP contribution in [0.1, 0.15) is 52.0 Å². The molecule has 2 fully saturated rings. The summed E-state index contributed by atoms with van der Waals surface area (Å²) in [6, 6.07) is 8.82. The van der Waals surface area contributed by atoms with Crippen LogP contribution < -0.4 is 10.6 Å². The summed E-state index contributed by atoms with van der Waals surface area (Å²) < 4.78 is 0. The van der Waals surface area contributed by atoms with Crippen LogP contribution in [-0.2, 0) is 20.8 Å². The minimum absolute atomic E-state index is 0.0646. The zero-order chi connectivity index (χ0) is 24.0. The van der Waals surface area contributed by atoms with Gasteiger partial charge in [-0.3, -0.25) is 14.4 Å². The second-order valence-electron chi connectivity index (χ2n) is 9.71. The molecule has 3 rings (SSSR count). The Morgan fingerprint density at radius 3 is 2.48 bits per heavy atom.